The van der Waals surface area contributed by atoms with Gasteiger partial charge in [-0.05, 0) is 62.9 Å². The SMILES string of the molecule is Cc1nc2ccccc2n1-c1ccc(C(=O)N(C)C2CCN(C3CCCC3)CC2)c(C(F)(F)F)c1. The summed E-state index contributed by atoms with van der Waals surface area (Å²) >= 11 is 0. The number of hydrogen-bond donors (Lipinski definition) is 0. The smallest absolute Gasteiger partial charge is 0.339 e. The van der Waals surface area contributed by atoms with Crippen molar-refractivity contribution in [3.8, 4) is 5.69 Å². The Labute approximate surface area is 203 Å². The number of aryl methyl sites for hydroxylation is 1. The predicted octanol–water partition coefficient (Wildman–Crippen LogP) is 5.83. The van der Waals surface area contributed by atoms with E-state index in [2.05, 4.69) is 9.88 Å². The first-order valence-corrected chi connectivity index (χ1v) is 12.4. The van der Waals surface area contributed by atoms with E-state index in [4.69, 9.17) is 0 Å². The number of nitrogens with zero attached hydrogens (tertiary/aromatic N) is 4. The molecule has 0 atom stereocenters. The Morgan fingerprint density at radius 2 is 1.71 bits per heavy atom. The third-order valence-corrected chi connectivity index (χ3v) is 7.73. The summed E-state index contributed by atoms with van der Waals surface area (Å²) < 4.78 is 44.2. The molecular weight excluding hydrogens is 453 g/mol. The van der Waals surface area contributed by atoms with Gasteiger partial charge in [-0.1, -0.05) is 25.0 Å². The largest absolute Gasteiger partial charge is 0.417 e. The molecule has 186 valence electrons. The first-order chi connectivity index (χ1) is 16.7. The Morgan fingerprint density at radius 3 is 2.40 bits per heavy atom. The first kappa shape index (κ1) is 23.9. The van der Waals surface area contributed by atoms with Crippen LogP contribution in [0.25, 0.3) is 16.7 Å². The number of piperidine rings is 1. The first-order valence-electron chi connectivity index (χ1n) is 12.4. The lowest BCUT2D eigenvalue weighted by atomic mass is 9.99. The summed E-state index contributed by atoms with van der Waals surface area (Å²) in [6, 6.07) is 11.9. The second-order valence-corrected chi connectivity index (χ2v) is 9.83. The van der Waals surface area contributed by atoms with Gasteiger partial charge in [0.15, 0.2) is 0 Å². The van der Waals surface area contributed by atoms with Gasteiger partial charge in [0.05, 0.1) is 22.2 Å². The number of carbonyl (C=O) groups excluding carboxylic acids is 1. The summed E-state index contributed by atoms with van der Waals surface area (Å²) in [5.74, 6) is 0.0138. The molecule has 2 aliphatic rings. The van der Waals surface area contributed by atoms with E-state index >= 15 is 0 Å². The van der Waals surface area contributed by atoms with Crippen LogP contribution in [0.2, 0.25) is 0 Å². The molecule has 8 heteroatoms. The van der Waals surface area contributed by atoms with Crippen molar-refractivity contribution < 1.29 is 18.0 Å². The molecular formula is C27H31F3N4O. The zero-order valence-electron chi connectivity index (χ0n) is 20.2. The molecule has 0 spiro atoms. The Morgan fingerprint density at radius 1 is 1.03 bits per heavy atom. The number of imidazole rings is 1. The maximum absolute atomic E-state index is 14.2. The molecule has 1 aliphatic heterocycles. The van der Waals surface area contributed by atoms with Crippen LogP contribution >= 0.6 is 0 Å². The zero-order valence-corrected chi connectivity index (χ0v) is 20.2. The second-order valence-electron chi connectivity index (χ2n) is 9.83. The van der Waals surface area contributed by atoms with Crippen LogP contribution in [-0.4, -0.2) is 57.5 Å². The van der Waals surface area contributed by atoms with Crippen molar-refractivity contribution in [3.05, 3.63) is 59.4 Å². The highest BCUT2D eigenvalue weighted by atomic mass is 19.4. The van der Waals surface area contributed by atoms with Gasteiger partial charge in [-0.3, -0.25) is 9.36 Å². The summed E-state index contributed by atoms with van der Waals surface area (Å²) in [6.45, 7) is 3.55. The molecule has 1 amide bonds. The van der Waals surface area contributed by atoms with E-state index in [-0.39, 0.29) is 11.6 Å². The number of amides is 1. The summed E-state index contributed by atoms with van der Waals surface area (Å²) in [7, 11) is 1.64. The van der Waals surface area contributed by atoms with Crippen molar-refractivity contribution in [3.63, 3.8) is 0 Å². The van der Waals surface area contributed by atoms with E-state index in [9.17, 15) is 18.0 Å². The van der Waals surface area contributed by atoms with E-state index in [1.54, 1.807) is 24.6 Å². The summed E-state index contributed by atoms with van der Waals surface area (Å²) in [5.41, 5.74) is 0.565. The van der Waals surface area contributed by atoms with Gasteiger partial charge in [-0.2, -0.15) is 13.2 Å². The molecule has 1 aliphatic carbocycles. The molecule has 0 radical (unpaired) electrons. The van der Waals surface area contributed by atoms with Gasteiger partial charge in [0.2, 0.25) is 0 Å². The number of para-hydroxylation sites is 2. The molecule has 3 aromatic rings. The number of likely N-dealkylation sites (tertiary alicyclic amines) is 1. The normalized spacial score (nSPS) is 18.4. The van der Waals surface area contributed by atoms with E-state index < -0.39 is 17.6 Å². The van der Waals surface area contributed by atoms with Gasteiger partial charge in [0.25, 0.3) is 5.91 Å². The quantitative estimate of drug-likeness (QED) is 0.468. The van der Waals surface area contributed by atoms with Crippen molar-refractivity contribution in [2.75, 3.05) is 20.1 Å². The average Bonchev–Trinajstić information content (AvgIpc) is 3.50. The lowest BCUT2D eigenvalue weighted by Gasteiger charge is -2.39. The molecule has 1 aromatic heterocycles. The van der Waals surface area contributed by atoms with Crippen LogP contribution in [-0.2, 0) is 6.18 Å². The van der Waals surface area contributed by atoms with Gasteiger partial charge in [0, 0.05) is 37.9 Å². The van der Waals surface area contributed by atoms with Gasteiger partial charge < -0.3 is 9.80 Å². The molecule has 35 heavy (non-hydrogen) atoms. The number of halogens is 3. The summed E-state index contributed by atoms with van der Waals surface area (Å²) in [4.78, 5) is 21.8. The number of alkyl halides is 3. The molecule has 1 saturated carbocycles. The number of fused-ring (bicyclic) bond motifs is 1. The highest BCUT2D eigenvalue weighted by molar-refractivity contribution is 5.96. The van der Waals surface area contributed by atoms with Crippen LogP contribution in [0.3, 0.4) is 0 Å². The van der Waals surface area contributed by atoms with Crippen LogP contribution < -0.4 is 0 Å². The van der Waals surface area contributed by atoms with E-state index in [1.165, 1.54) is 36.6 Å². The molecule has 2 aromatic carbocycles. The molecule has 2 heterocycles. The Kier molecular flexibility index (Phi) is 6.34. The van der Waals surface area contributed by atoms with Crippen LogP contribution in [0, 0.1) is 6.92 Å². The van der Waals surface area contributed by atoms with Gasteiger partial charge >= 0.3 is 6.18 Å². The minimum absolute atomic E-state index is 0.0549. The fourth-order valence-corrected chi connectivity index (χ4v) is 5.83. The highest BCUT2D eigenvalue weighted by Gasteiger charge is 2.38. The highest BCUT2D eigenvalue weighted by Crippen LogP contribution is 2.36. The lowest BCUT2D eigenvalue weighted by Crippen LogP contribution is -2.48. The molecule has 5 nitrogen and oxygen atoms in total. The maximum atomic E-state index is 14.2. The molecule has 0 unspecified atom stereocenters. The fourth-order valence-electron chi connectivity index (χ4n) is 5.83. The van der Waals surface area contributed by atoms with Gasteiger partial charge in [-0.15, -0.1) is 0 Å². The van der Waals surface area contributed by atoms with Crippen LogP contribution in [0.4, 0.5) is 13.2 Å². The molecule has 2 fully saturated rings. The van der Waals surface area contributed by atoms with Crippen molar-refractivity contribution in [1.29, 1.82) is 0 Å². The monoisotopic (exact) mass is 484 g/mol. The van der Waals surface area contributed by atoms with E-state index in [0.29, 0.717) is 23.1 Å². The number of aromatic nitrogens is 2. The van der Waals surface area contributed by atoms with Crippen molar-refractivity contribution >= 4 is 16.9 Å². The molecule has 0 bridgehead atoms. The average molecular weight is 485 g/mol. The number of rotatable bonds is 4. The Hall–Kier alpha value is -2.87. The fraction of sp³-hybridized carbons (Fsp3) is 0.481. The predicted molar refractivity (Wildman–Crippen MR) is 130 cm³/mol. The van der Waals surface area contributed by atoms with Crippen molar-refractivity contribution in [1.82, 2.24) is 19.4 Å². The van der Waals surface area contributed by atoms with Crippen LogP contribution in [0.15, 0.2) is 42.5 Å². The minimum Gasteiger partial charge on any atom is -0.339 e. The Bertz CT molecular complexity index is 1220. The second kappa shape index (κ2) is 9.30. The Balaban J connectivity index is 1.41. The topological polar surface area (TPSA) is 41.4 Å². The number of carbonyl (C=O) groups is 1. The summed E-state index contributed by atoms with van der Waals surface area (Å²) in [6.07, 6.45) is 1.93. The number of hydrogen-bond acceptors (Lipinski definition) is 3. The molecule has 0 N–H and O–H groups in total. The molecule has 1 saturated heterocycles. The van der Waals surface area contributed by atoms with Gasteiger partial charge in [-0.25, -0.2) is 4.98 Å². The van der Waals surface area contributed by atoms with Crippen molar-refractivity contribution in [2.24, 2.45) is 0 Å². The van der Waals surface area contributed by atoms with Crippen LogP contribution in [0.1, 0.15) is 60.3 Å². The summed E-state index contributed by atoms with van der Waals surface area (Å²) in [5, 5.41) is 0. The maximum Gasteiger partial charge on any atom is 0.417 e. The standard InChI is InChI=1S/C27H31F3N4O/c1-18-31-24-9-5-6-10-25(24)34(18)21-11-12-22(23(17-21)27(28,29)30)26(35)32(2)19-13-15-33(16-14-19)20-7-3-4-8-20/h5-6,9-12,17,19-20H,3-4,7-8,13-16H2,1-2H3. The van der Waals surface area contributed by atoms with Crippen molar-refractivity contribution in [2.45, 2.75) is 63.7 Å². The minimum atomic E-state index is -4.65. The third kappa shape index (κ3) is 4.56. The lowest BCUT2D eigenvalue weighted by molar-refractivity contribution is -0.138. The van der Waals surface area contributed by atoms with Gasteiger partial charge in [0.1, 0.15) is 5.82 Å². The zero-order chi connectivity index (χ0) is 24.7. The van der Waals surface area contributed by atoms with E-state index in [1.807, 2.05) is 24.3 Å². The number of benzene rings is 2. The molecule has 5 rings (SSSR count). The van der Waals surface area contributed by atoms with E-state index in [0.717, 1.165) is 37.5 Å². The van der Waals surface area contributed by atoms with Crippen LogP contribution in [0.5, 0.6) is 0 Å². The third-order valence-electron chi connectivity index (χ3n) is 7.73.